The third-order valence-corrected chi connectivity index (χ3v) is 4.70. The summed E-state index contributed by atoms with van der Waals surface area (Å²) in [4.78, 5) is 0. The van der Waals surface area contributed by atoms with Crippen LogP contribution < -0.4 is 5.32 Å². The van der Waals surface area contributed by atoms with Crippen molar-refractivity contribution in [2.45, 2.75) is 52.0 Å². The van der Waals surface area contributed by atoms with E-state index in [9.17, 15) is 0 Å². The van der Waals surface area contributed by atoms with Crippen molar-refractivity contribution in [2.75, 3.05) is 7.05 Å². The number of aryl methyl sites for hydroxylation is 2. The van der Waals surface area contributed by atoms with Gasteiger partial charge in [-0.15, -0.1) is 0 Å². The molecule has 0 spiro atoms. The molecule has 3 heteroatoms. The highest BCUT2D eigenvalue weighted by molar-refractivity contribution is 5.04. The minimum Gasteiger partial charge on any atom is -0.317 e. The van der Waals surface area contributed by atoms with Crippen LogP contribution in [0.5, 0.6) is 0 Å². The van der Waals surface area contributed by atoms with Crippen LogP contribution in [-0.2, 0) is 13.5 Å². The molecule has 1 heterocycles. The zero-order valence-corrected chi connectivity index (χ0v) is 12.2. The Kier molecular flexibility index (Phi) is 4.10. The molecule has 3 nitrogen and oxygen atoms in total. The fourth-order valence-electron chi connectivity index (χ4n) is 3.57. The number of nitrogens with one attached hydrogen (secondary N) is 1. The van der Waals surface area contributed by atoms with E-state index in [1.165, 1.54) is 31.2 Å². The maximum Gasteiger partial charge on any atom is 0.0521 e. The largest absolute Gasteiger partial charge is 0.317 e. The van der Waals surface area contributed by atoms with Gasteiger partial charge in [0, 0.05) is 19.3 Å². The smallest absolute Gasteiger partial charge is 0.0521 e. The second kappa shape index (κ2) is 5.43. The summed E-state index contributed by atoms with van der Waals surface area (Å²) in [5.74, 6) is 0.819. The van der Waals surface area contributed by atoms with E-state index < -0.39 is 0 Å². The minimum atomic E-state index is 0.503. The number of hydrogen-bond donors (Lipinski definition) is 1. The molecular formula is C15H27N3. The van der Waals surface area contributed by atoms with Crippen LogP contribution in [0, 0.1) is 11.3 Å². The van der Waals surface area contributed by atoms with Gasteiger partial charge in [-0.1, -0.05) is 20.3 Å². The summed E-state index contributed by atoms with van der Waals surface area (Å²) in [5, 5.41) is 7.79. The summed E-state index contributed by atoms with van der Waals surface area (Å²) in [7, 11) is 4.10. The molecule has 1 aromatic heterocycles. The predicted molar refractivity (Wildman–Crippen MR) is 75.5 cm³/mol. The Balaban J connectivity index is 1.93. The Morgan fingerprint density at radius 2 is 2.33 bits per heavy atom. The van der Waals surface area contributed by atoms with Crippen LogP contribution in [-0.4, -0.2) is 22.9 Å². The lowest BCUT2D eigenvalue weighted by atomic mass is 9.76. The molecule has 1 fully saturated rings. The van der Waals surface area contributed by atoms with E-state index in [4.69, 9.17) is 0 Å². The monoisotopic (exact) mass is 249 g/mol. The molecule has 2 rings (SSSR count). The van der Waals surface area contributed by atoms with Gasteiger partial charge >= 0.3 is 0 Å². The van der Waals surface area contributed by atoms with E-state index >= 15 is 0 Å². The zero-order chi connectivity index (χ0) is 13.2. The number of hydrogen-bond acceptors (Lipinski definition) is 2. The number of aromatic nitrogens is 2. The van der Waals surface area contributed by atoms with E-state index in [1.54, 1.807) is 0 Å². The van der Waals surface area contributed by atoms with E-state index in [-0.39, 0.29) is 0 Å². The third-order valence-electron chi connectivity index (χ3n) is 4.70. The molecule has 0 amide bonds. The average molecular weight is 249 g/mol. The highest BCUT2D eigenvalue weighted by Gasteiger charge is 2.38. The van der Waals surface area contributed by atoms with Gasteiger partial charge in [0.15, 0.2) is 0 Å². The molecular weight excluding hydrogens is 222 g/mol. The molecule has 0 aromatic carbocycles. The summed E-state index contributed by atoms with van der Waals surface area (Å²) in [6, 6.07) is 0.641. The van der Waals surface area contributed by atoms with E-state index in [0.717, 1.165) is 12.3 Å². The Morgan fingerprint density at radius 3 is 2.83 bits per heavy atom. The molecule has 1 saturated carbocycles. The van der Waals surface area contributed by atoms with Crippen LogP contribution in [0.1, 0.15) is 45.1 Å². The lowest BCUT2D eigenvalue weighted by Crippen LogP contribution is -2.39. The molecule has 2 atom stereocenters. The summed E-state index contributed by atoms with van der Waals surface area (Å²) in [6.45, 7) is 4.86. The highest BCUT2D eigenvalue weighted by Crippen LogP contribution is 2.45. The van der Waals surface area contributed by atoms with Gasteiger partial charge in [-0.05, 0) is 49.6 Å². The molecule has 0 bridgehead atoms. The van der Waals surface area contributed by atoms with Crippen LogP contribution in [0.3, 0.4) is 0 Å². The Morgan fingerprint density at radius 1 is 1.56 bits per heavy atom. The quantitative estimate of drug-likeness (QED) is 0.869. The topological polar surface area (TPSA) is 29.9 Å². The maximum atomic E-state index is 4.24. The predicted octanol–water partition coefficient (Wildman–Crippen LogP) is 2.77. The Hall–Kier alpha value is -0.830. The molecule has 1 aromatic rings. The fourth-order valence-corrected chi connectivity index (χ4v) is 3.57. The Labute approximate surface area is 111 Å². The van der Waals surface area contributed by atoms with Crippen LogP contribution >= 0.6 is 0 Å². The van der Waals surface area contributed by atoms with Gasteiger partial charge in [-0.3, -0.25) is 4.68 Å². The zero-order valence-electron chi connectivity index (χ0n) is 12.2. The SMILES string of the molecule is CNC(CCc1cnn(C)c1)C1CCCC1(C)C. The van der Waals surface area contributed by atoms with E-state index in [1.807, 2.05) is 17.9 Å². The first-order valence-electron chi connectivity index (χ1n) is 7.18. The Bertz CT molecular complexity index is 381. The molecule has 1 N–H and O–H groups in total. The summed E-state index contributed by atoms with van der Waals surface area (Å²) < 4.78 is 1.89. The van der Waals surface area contributed by atoms with Gasteiger partial charge in [0.05, 0.1) is 6.20 Å². The van der Waals surface area contributed by atoms with Gasteiger partial charge in [-0.25, -0.2) is 0 Å². The van der Waals surface area contributed by atoms with Crippen LogP contribution in [0.4, 0.5) is 0 Å². The molecule has 0 saturated heterocycles. The summed E-state index contributed by atoms with van der Waals surface area (Å²) >= 11 is 0. The molecule has 18 heavy (non-hydrogen) atoms. The summed E-state index contributed by atoms with van der Waals surface area (Å²) in [5.41, 5.74) is 1.86. The lowest BCUT2D eigenvalue weighted by molar-refractivity contribution is 0.196. The van der Waals surface area contributed by atoms with E-state index in [0.29, 0.717) is 11.5 Å². The van der Waals surface area contributed by atoms with Crippen molar-refractivity contribution in [1.29, 1.82) is 0 Å². The van der Waals surface area contributed by atoms with Gasteiger partial charge in [0.2, 0.25) is 0 Å². The molecule has 1 aliphatic carbocycles. The fraction of sp³-hybridized carbons (Fsp3) is 0.800. The molecule has 0 aliphatic heterocycles. The highest BCUT2D eigenvalue weighted by atomic mass is 15.2. The van der Waals surface area contributed by atoms with Crippen LogP contribution in [0.15, 0.2) is 12.4 Å². The number of rotatable bonds is 5. The first-order chi connectivity index (χ1) is 8.53. The van der Waals surface area contributed by atoms with Gasteiger partial charge in [0.1, 0.15) is 0 Å². The molecule has 0 radical (unpaired) electrons. The molecule has 102 valence electrons. The maximum absolute atomic E-state index is 4.24. The third kappa shape index (κ3) is 2.94. The van der Waals surface area contributed by atoms with Crippen molar-refractivity contribution in [2.24, 2.45) is 18.4 Å². The molecule has 2 unspecified atom stereocenters. The van der Waals surface area contributed by atoms with Crippen molar-refractivity contribution in [1.82, 2.24) is 15.1 Å². The van der Waals surface area contributed by atoms with Crippen molar-refractivity contribution >= 4 is 0 Å². The van der Waals surface area contributed by atoms with E-state index in [2.05, 4.69) is 37.5 Å². The first-order valence-corrected chi connectivity index (χ1v) is 7.18. The minimum absolute atomic E-state index is 0.503. The first kappa shape index (κ1) is 13.6. The second-order valence-corrected chi connectivity index (χ2v) is 6.44. The second-order valence-electron chi connectivity index (χ2n) is 6.44. The average Bonchev–Trinajstić information content (AvgIpc) is 2.87. The number of nitrogens with zero attached hydrogens (tertiary/aromatic N) is 2. The standard InChI is InChI=1S/C15H27N3/c1-15(2)9-5-6-13(15)14(16-3)8-7-12-10-17-18(4)11-12/h10-11,13-14,16H,5-9H2,1-4H3. The molecule has 1 aliphatic rings. The van der Waals surface area contributed by atoms with Gasteiger partial charge in [-0.2, -0.15) is 5.10 Å². The summed E-state index contributed by atoms with van der Waals surface area (Å²) in [6.07, 6.45) is 10.6. The van der Waals surface area contributed by atoms with Crippen LogP contribution in [0.2, 0.25) is 0 Å². The normalized spacial score (nSPS) is 24.3. The van der Waals surface area contributed by atoms with Gasteiger partial charge < -0.3 is 5.32 Å². The van der Waals surface area contributed by atoms with Gasteiger partial charge in [0.25, 0.3) is 0 Å². The van der Waals surface area contributed by atoms with Crippen molar-refractivity contribution in [3.63, 3.8) is 0 Å². The van der Waals surface area contributed by atoms with Crippen molar-refractivity contribution in [3.05, 3.63) is 18.0 Å². The van der Waals surface area contributed by atoms with Crippen molar-refractivity contribution < 1.29 is 0 Å². The van der Waals surface area contributed by atoms with Crippen molar-refractivity contribution in [3.8, 4) is 0 Å². The lowest BCUT2D eigenvalue weighted by Gasteiger charge is -2.34. The van der Waals surface area contributed by atoms with Crippen LogP contribution in [0.25, 0.3) is 0 Å².